The van der Waals surface area contributed by atoms with E-state index in [0.717, 1.165) is 0 Å². The summed E-state index contributed by atoms with van der Waals surface area (Å²) in [7, 11) is 0. The van der Waals surface area contributed by atoms with Gasteiger partial charge in [-0.3, -0.25) is 4.79 Å². The highest BCUT2D eigenvalue weighted by molar-refractivity contribution is 7.14. The zero-order valence-corrected chi connectivity index (χ0v) is 10.8. The molecule has 2 atom stereocenters. The van der Waals surface area contributed by atoms with Crippen LogP contribution < -0.4 is 10.4 Å². The molecule has 98 valence electrons. The van der Waals surface area contributed by atoms with Crippen molar-refractivity contribution in [1.29, 1.82) is 5.26 Å². The smallest absolute Gasteiger partial charge is 0.229 e. The van der Waals surface area contributed by atoms with Crippen LogP contribution in [0.25, 0.3) is 0 Å². The van der Waals surface area contributed by atoms with Crippen molar-refractivity contribution in [3.63, 3.8) is 0 Å². The Morgan fingerprint density at radius 1 is 1.37 bits per heavy atom. The van der Waals surface area contributed by atoms with Crippen LogP contribution in [0.4, 0.5) is 5.00 Å². The number of carbonyl (C=O) groups excluding carboxylic acids is 2. The summed E-state index contributed by atoms with van der Waals surface area (Å²) in [5, 5.41) is 24.7. The summed E-state index contributed by atoms with van der Waals surface area (Å²) < 4.78 is 0. The van der Waals surface area contributed by atoms with Gasteiger partial charge in [-0.2, -0.15) is 5.26 Å². The third-order valence-corrected chi connectivity index (χ3v) is 3.92. The first kappa shape index (κ1) is 13.3. The van der Waals surface area contributed by atoms with Gasteiger partial charge in [0.25, 0.3) is 0 Å². The molecule has 5 nitrogen and oxygen atoms in total. The molecule has 19 heavy (non-hydrogen) atoms. The Kier molecular flexibility index (Phi) is 3.97. The molecule has 2 rings (SSSR count). The normalized spacial score (nSPS) is 21.6. The van der Waals surface area contributed by atoms with Crippen molar-refractivity contribution < 1.29 is 14.7 Å². The maximum atomic E-state index is 12.1. The number of nitrogens with one attached hydrogen (secondary N) is 1. The van der Waals surface area contributed by atoms with Gasteiger partial charge in [-0.15, -0.1) is 11.3 Å². The fourth-order valence-electron chi connectivity index (χ4n) is 2.06. The van der Waals surface area contributed by atoms with E-state index in [4.69, 9.17) is 5.26 Å². The van der Waals surface area contributed by atoms with E-state index in [9.17, 15) is 14.7 Å². The van der Waals surface area contributed by atoms with E-state index in [1.807, 2.05) is 6.07 Å². The first-order valence-electron chi connectivity index (χ1n) is 5.77. The van der Waals surface area contributed by atoms with Crippen LogP contribution in [0.5, 0.6) is 0 Å². The molecule has 0 aromatic carbocycles. The van der Waals surface area contributed by atoms with E-state index in [1.54, 1.807) is 23.6 Å². The number of carboxylic acid groups (broad SMARTS) is 1. The number of carboxylic acids is 1. The van der Waals surface area contributed by atoms with Crippen LogP contribution >= 0.6 is 11.3 Å². The van der Waals surface area contributed by atoms with E-state index < -0.39 is 17.8 Å². The van der Waals surface area contributed by atoms with Crippen LogP contribution in [0.1, 0.15) is 18.4 Å². The van der Waals surface area contributed by atoms with E-state index >= 15 is 0 Å². The lowest BCUT2D eigenvalue weighted by atomic mass is 9.82. The van der Waals surface area contributed by atoms with E-state index in [0.29, 0.717) is 23.4 Å². The number of anilines is 1. The predicted molar refractivity (Wildman–Crippen MR) is 68.0 cm³/mol. The van der Waals surface area contributed by atoms with Gasteiger partial charge in [-0.1, -0.05) is 12.2 Å². The molecule has 0 saturated carbocycles. The van der Waals surface area contributed by atoms with Gasteiger partial charge in [-0.05, 0) is 24.3 Å². The van der Waals surface area contributed by atoms with E-state index in [2.05, 4.69) is 5.32 Å². The van der Waals surface area contributed by atoms with E-state index in [1.165, 1.54) is 11.3 Å². The molecule has 1 heterocycles. The molecule has 1 aromatic heterocycles. The standard InChI is InChI=1S/C13H12N2O3S/c14-7-8-5-6-19-12(8)15-11(16)9-3-1-2-4-10(9)13(17)18/h1-2,5-6,9-10H,3-4H2,(H,15,16)(H,17,18)/p-1/t9-,10-/m1/s1. The first-order valence-corrected chi connectivity index (χ1v) is 6.65. The third kappa shape index (κ3) is 2.83. The van der Waals surface area contributed by atoms with Crippen molar-refractivity contribution in [2.45, 2.75) is 12.8 Å². The fourth-order valence-corrected chi connectivity index (χ4v) is 2.80. The van der Waals surface area contributed by atoms with Gasteiger partial charge in [0.1, 0.15) is 11.1 Å². The SMILES string of the molecule is N#Cc1ccsc1NC(=O)[C@@H]1CC=CC[C@H]1C(=O)[O-]. The minimum atomic E-state index is -1.21. The molecule has 0 aliphatic heterocycles. The second-order valence-electron chi connectivity index (χ2n) is 4.24. The molecule has 0 unspecified atom stereocenters. The highest BCUT2D eigenvalue weighted by Crippen LogP contribution is 2.28. The number of carbonyl (C=O) groups is 2. The number of nitriles is 1. The van der Waals surface area contributed by atoms with Gasteiger partial charge in [0.2, 0.25) is 5.91 Å². The maximum Gasteiger partial charge on any atom is 0.229 e. The average molecular weight is 275 g/mol. The maximum absolute atomic E-state index is 12.1. The molecule has 1 aliphatic rings. The van der Waals surface area contributed by atoms with E-state index in [-0.39, 0.29) is 5.91 Å². The number of nitrogens with zero attached hydrogens (tertiary/aromatic N) is 1. The molecule has 1 aromatic rings. The summed E-state index contributed by atoms with van der Waals surface area (Å²) >= 11 is 1.24. The molecular weight excluding hydrogens is 264 g/mol. The van der Waals surface area contributed by atoms with Crippen LogP contribution in [0.15, 0.2) is 23.6 Å². The summed E-state index contributed by atoms with van der Waals surface area (Å²) in [6.45, 7) is 0. The lowest BCUT2D eigenvalue weighted by Crippen LogP contribution is -2.41. The Labute approximate surface area is 114 Å². The highest BCUT2D eigenvalue weighted by atomic mass is 32.1. The zero-order valence-electron chi connectivity index (χ0n) is 9.96. The Bertz CT molecular complexity index is 571. The Balaban J connectivity index is 2.13. The fraction of sp³-hybridized carbons (Fsp3) is 0.308. The van der Waals surface area contributed by atoms with Crippen LogP contribution in [0, 0.1) is 23.2 Å². The van der Waals surface area contributed by atoms with Crippen molar-refractivity contribution in [3.8, 4) is 6.07 Å². The zero-order chi connectivity index (χ0) is 13.8. The van der Waals surface area contributed by atoms with Crippen LogP contribution in [0.2, 0.25) is 0 Å². The largest absolute Gasteiger partial charge is 0.550 e. The topological polar surface area (TPSA) is 93.0 Å². The molecule has 1 amide bonds. The van der Waals surface area contributed by atoms with Crippen LogP contribution in [0.3, 0.4) is 0 Å². The Morgan fingerprint density at radius 2 is 2.05 bits per heavy atom. The first-order chi connectivity index (χ1) is 9.13. The lowest BCUT2D eigenvalue weighted by Gasteiger charge is -2.28. The van der Waals surface area contributed by atoms with Crippen molar-refractivity contribution in [2.75, 3.05) is 5.32 Å². The number of amides is 1. The molecule has 0 fully saturated rings. The number of hydrogen-bond acceptors (Lipinski definition) is 5. The van der Waals surface area contributed by atoms with Gasteiger partial charge in [0, 0.05) is 11.9 Å². The van der Waals surface area contributed by atoms with Crippen molar-refractivity contribution >= 4 is 28.2 Å². The molecule has 1 aliphatic carbocycles. The van der Waals surface area contributed by atoms with Gasteiger partial charge < -0.3 is 15.2 Å². The summed E-state index contributed by atoms with van der Waals surface area (Å²) in [5.41, 5.74) is 0.384. The minimum absolute atomic E-state index is 0.302. The van der Waals surface area contributed by atoms with Crippen LogP contribution in [-0.2, 0) is 9.59 Å². The molecule has 1 N–H and O–H groups in total. The number of hydrogen-bond donors (Lipinski definition) is 1. The number of thiophene rings is 1. The monoisotopic (exact) mass is 275 g/mol. The molecule has 0 bridgehead atoms. The highest BCUT2D eigenvalue weighted by Gasteiger charge is 2.30. The third-order valence-electron chi connectivity index (χ3n) is 3.09. The summed E-state index contributed by atoms with van der Waals surface area (Å²) in [5.74, 6) is -3.05. The quantitative estimate of drug-likeness (QED) is 0.829. The lowest BCUT2D eigenvalue weighted by molar-refractivity contribution is -0.313. The molecule has 0 saturated heterocycles. The number of allylic oxidation sites excluding steroid dienone is 2. The van der Waals surface area contributed by atoms with Gasteiger partial charge in [0.15, 0.2) is 0 Å². The van der Waals surface area contributed by atoms with Crippen molar-refractivity contribution in [1.82, 2.24) is 0 Å². The second kappa shape index (κ2) is 5.67. The average Bonchev–Trinajstić information content (AvgIpc) is 2.85. The van der Waals surface area contributed by atoms with Crippen molar-refractivity contribution in [3.05, 3.63) is 29.2 Å². The predicted octanol–water partition coefficient (Wildman–Crippen LogP) is 0.891. The molecule has 0 spiro atoms. The van der Waals surface area contributed by atoms with Crippen LogP contribution in [-0.4, -0.2) is 11.9 Å². The number of aliphatic carboxylic acids is 1. The van der Waals surface area contributed by atoms with Gasteiger partial charge in [-0.25, -0.2) is 0 Å². The summed E-state index contributed by atoms with van der Waals surface area (Å²) in [6.07, 6.45) is 4.22. The molecule has 0 radical (unpaired) electrons. The van der Waals surface area contributed by atoms with Gasteiger partial charge in [0.05, 0.1) is 11.5 Å². The Hall–Kier alpha value is -2.13. The summed E-state index contributed by atoms with van der Waals surface area (Å²) in [6, 6.07) is 3.58. The minimum Gasteiger partial charge on any atom is -0.550 e. The second-order valence-corrected chi connectivity index (χ2v) is 5.16. The Morgan fingerprint density at radius 3 is 2.68 bits per heavy atom. The van der Waals surface area contributed by atoms with Crippen molar-refractivity contribution in [2.24, 2.45) is 11.8 Å². The molecular formula is C13H11N2O3S-. The van der Waals surface area contributed by atoms with Gasteiger partial charge >= 0.3 is 0 Å². The molecule has 6 heteroatoms. The number of rotatable bonds is 3. The summed E-state index contributed by atoms with van der Waals surface area (Å²) in [4.78, 5) is 23.1.